The van der Waals surface area contributed by atoms with E-state index in [0.717, 1.165) is 5.75 Å². The van der Waals surface area contributed by atoms with Crippen molar-refractivity contribution in [3.05, 3.63) is 40.9 Å². The van der Waals surface area contributed by atoms with Crippen LogP contribution in [0.1, 0.15) is 40.2 Å². The Hall–Kier alpha value is -1.46. The zero-order valence-electron chi connectivity index (χ0n) is 13.3. The van der Waals surface area contributed by atoms with Gasteiger partial charge in [0.1, 0.15) is 17.9 Å². The normalized spacial score (nSPS) is 26.1. The minimum absolute atomic E-state index is 0.0659. The number of nitrogens with zero attached hydrogens (tertiary/aromatic N) is 1. The molecule has 0 aromatic heterocycles. The lowest BCUT2D eigenvalue weighted by molar-refractivity contribution is -0.177. The van der Waals surface area contributed by atoms with Gasteiger partial charge in [0.2, 0.25) is 0 Å². The molecule has 1 aliphatic carbocycles. The Bertz CT molecular complexity index is 594. The molecule has 0 spiro atoms. The number of allylic oxidation sites excluding steroid dienone is 2. The molecule has 1 aromatic rings. The van der Waals surface area contributed by atoms with Gasteiger partial charge in [-0.25, -0.2) is 0 Å². The zero-order valence-corrected chi connectivity index (χ0v) is 14.0. The lowest BCUT2D eigenvalue weighted by Crippen LogP contribution is -2.65. The number of hydrogen-bond donors (Lipinski definition) is 0. The Balaban J connectivity index is 2.24. The first kappa shape index (κ1) is 15.9. The quantitative estimate of drug-likeness (QED) is 0.717. The fraction of sp³-hybridized carbons (Fsp3) is 0.500. The Kier molecular flexibility index (Phi) is 4.08. The third-order valence-electron chi connectivity index (χ3n) is 4.65. The summed E-state index contributed by atoms with van der Waals surface area (Å²) in [6.07, 6.45) is 4.49. The van der Waals surface area contributed by atoms with E-state index in [1.54, 1.807) is 12.1 Å². The van der Waals surface area contributed by atoms with Gasteiger partial charge in [-0.1, -0.05) is 51.4 Å². The van der Waals surface area contributed by atoms with E-state index in [0.29, 0.717) is 16.5 Å². The molecule has 3 heteroatoms. The van der Waals surface area contributed by atoms with E-state index < -0.39 is 0 Å². The SMILES string of the molecule is C/C=C/[C@H]1C(C)(C)[C@H](Oc2ccc(C#N)c(Cl)c2)C1(C)C. The number of halogens is 1. The Morgan fingerprint density at radius 1 is 1.24 bits per heavy atom. The summed E-state index contributed by atoms with van der Waals surface area (Å²) in [5, 5.41) is 9.37. The van der Waals surface area contributed by atoms with Crippen LogP contribution in [0.25, 0.3) is 0 Å². The first-order valence-electron chi connectivity index (χ1n) is 7.24. The van der Waals surface area contributed by atoms with E-state index in [1.165, 1.54) is 0 Å². The van der Waals surface area contributed by atoms with Gasteiger partial charge in [0.05, 0.1) is 10.6 Å². The van der Waals surface area contributed by atoms with Crippen molar-refractivity contribution in [1.29, 1.82) is 5.26 Å². The second-order valence-electron chi connectivity index (χ2n) is 6.90. The van der Waals surface area contributed by atoms with E-state index >= 15 is 0 Å². The average molecular weight is 304 g/mol. The standard InChI is InChI=1S/C18H22ClNO/c1-6-7-15-17(2,3)16(18(15,4)5)21-13-9-8-12(11-20)14(19)10-13/h6-10,15-16H,1-5H3/b7-6+/t15-,16-. The van der Waals surface area contributed by atoms with Crippen LogP contribution in [0, 0.1) is 28.1 Å². The predicted octanol–water partition coefficient (Wildman–Crippen LogP) is 5.22. The van der Waals surface area contributed by atoms with Crippen LogP contribution in [0.2, 0.25) is 5.02 Å². The van der Waals surface area contributed by atoms with Gasteiger partial charge in [-0.15, -0.1) is 0 Å². The lowest BCUT2D eigenvalue weighted by Gasteiger charge is -2.62. The number of nitriles is 1. The minimum Gasteiger partial charge on any atom is -0.489 e. The summed E-state index contributed by atoms with van der Waals surface area (Å²) < 4.78 is 6.21. The van der Waals surface area contributed by atoms with E-state index in [1.807, 2.05) is 6.07 Å². The third kappa shape index (κ3) is 2.56. The Morgan fingerprint density at radius 2 is 1.86 bits per heavy atom. The summed E-state index contributed by atoms with van der Waals surface area (Å²) in [6, 6.07) is 7.32. The lowest BCUT2D eigenvalue weighted by atomic mass is 9.45. The molecule has 0 bridgehead atoms. The minimum atomic E-state index is 0.0659. The van der Waals surface area contributed by atoms with Crippen LogP contribution in [0.3, 0.4) is 0 Å². The van der Waals surface area contributed by atoms with Crippen LogP contribution in [0.4, 0.5) is 0 Å². The van der Waals surface area contributed by atoms with Crippen molar-refractivity contribution in [3.63, 3.8) is 0 Å². The average Bonchev–Trinajstić information content (AvgIpc) is 2.41. The van der Waals surface area contributed by atoms with E-state index in [4.69, 9.17) is 21.6 Å². The fourth-order valence-electron chi connectivity index (χ4n) is 3.94. The van der Waals surface area contributed by atoms with E-state index in [9.17, 15) is 0 Å². The summed E-state index contributed by atoms with van der Waals surface area (Å²) >= 11 is 6.08. The molecule has 112 valence electrons. The Morgan fingerprint density at radius 3 is 2.33 bits per heavy atom. The summed E-state index contributed by atoms with van der Waals surface area (Å²) in [6.45, 7) is 11.0. The number of hydrogen-bond acceptors (Lipinski definition) is 2. The second-order valence-corrected chi connectivity index (χ2v) is 7.30. The van der Waals surface area contributed by atoms with Crippen molar-refractivity contribution >= 4 is 11.6 Å². The van der Waals surface area contributed by atoms with Crippen molar-refractivity contribution in [2.75, 3.05) is 0 Å². The monoisotopic (exact) mass is 303 g/mol. The van der Waals surface area contributed by atoms with Crippen molar-refractivity contribution < 1.29 is 4.74 Å². The highest BCUT2D eigenvalue weighted by Gasteiger charge is 2.62. The highest BCUT2D eigenvalue weighted by atomic mass is 35.5. The molecule has 21 heavy (non-hydrogen) atoms. The molecule has 0 saturated heterocycles. The largest absolute Gasteiger partial charge is 0.489 e. The predicted molar refractivity (Wildman–Crippen MR) is 86.4 cm³/mol. The molecule has 0 aliphatic heterocycles. The topological polar surface area (TPSA) is 33.0 Å². The van der Waals surface area contributed by atoms with E-state index in [2.05, 4.69) is 52.8 Å². The molecule has 0 N–H and O–H groups in total. The van der Waals surface area contributed by atoms with Gasteiger partial charge in [-0.3, -0.25) is 0 Å². The molecular weight excluding hydrogens is 282 g/mol. The van der Waals surface area contributed by atoms with Gasteiger partial charge in [0.15, 0.2) is 0 Å². The van der Waals surface area contributed by atoms with Crippen molar-refractivity contribution in [2.45, 2.75) is 40.7 Å². The molecule has 1 aromatic carbocycles. The van der Waals surface area contributed by atoms with Crippen LogP contribution in [0.5, 0.6) is 5.75 Å². The van der Waals surface area contributed by atoms with Gasteiger partial charge in [-0.2, -0.15) is 5.26 Å². The van der Waals surface area contributed by atoms with Gasteiger partial charge >= 0.3 is 0 Å². The maximum Gasteiger partial charge on any atom is 0.121 e. The molecule has 0 heterocycles. The highest BCUT2D eigenvalue weighted by Crippen LogP contribution is 2.60. The second kappa shape index (κ2) is 5.39. The zero-order chi connectivity index (χ0) is 15.8. The third-order valence-corrected chi connectivity index (χ3v) is 4.97. The number of ether oxygens (including phenoxy) is 1. The van der Waals surface area contributed by atoms with E-state index in [-0.39, 0.29) is 16.9 Å². The Labute approximate surface area is 132 Å². The highest BCUT2D eigenvalue weighted by molar-refractivity contribution is 6.31. The molecule has 1 aliphatic rings. The van der Waals surface area contributed by atoms with Crippen LogP contribution in [-0.4, -0.2) is 6.10 Å². The molecule has 1 saturated carbocycles. The summed E-state index contributed by atoms with van der Waals surface area (Å²) in [4.78, 5) is 0. The summed E-state index contributed by atoms with van der Waals surface area (Å²) in [5.74, 6) is 1.21. The number of rotatable bonds is 3. The maximum atomic E-state index is 8.93. The van der Waals surface area contributed by atoms with Gasteiger partial charge in [0.25, 0.3) is 0 Å². The van der Waals surface area contributed by atoms with Crippen LogP contribution < -0.4 is 4.74 Å². The molecule has 0 amide bonds. The first-order chi connectivity index (χ1) is 9.75. The number of benzene rings is 1. The smallest absolute Gasteiger partial charge is 0.121 e. The van der Waals surface area contributed by atoms with Crippen molar-refractivity contribution in [3.8, 4) is 11.8 Å². The molecule has 2 rings (SSSR count). The van der Waals surface area contributed by atoms with Crippen LogP contribution >= 0.6 is 11.6 Å². The molecule has 0 atom stereocenters. The molecule has 2 nitrogen and oxygen atoms in total. The molecule has 0 unspecified atom stereocenters. The molecule has 0 radical (unpaired) electrons. The van der Waals surface area contributed by atoms with Gasteiger partial charge < -0.3 is 4.74 Å². The summed E-state index contributed by atoms with van der Waals surface area (Å²) in [7, 11) is 0. The van der Waals surface area contributed by atoms with Gasteiger partial charge in [0, 0.05) is 16.9 Å². The summed E-state index contributed by atoms with van der Waals surface area (Å²) in [5.41, 5.74) is 0.607. The van der Waals surface area contributed by atoms with Gasteiger partial charge in [-0.05, 0) is 25.0 Å². The van der Waals surface area contributed by atoms with Crippen LogP contribution in [0.15, 0.2) is 30.4 Å². The van der Waals surface area contributed by atoms with Crippen molar-refractivity contribution in [1.82, 2.24) is 0 Å². The molecular formula is C18H22ClNO. The first-order valence-corrected chi connectivity index (χ1v) is 7.62. The molecule has 1 fully saturated rings. The fourth-order valence-corrected chi connectivity index (χ4v) is 4.15. The van der Waals surface area contributed by atoms with Crippen molar-refractivity contribution in [2.24, 2.45) is 16.7 Å². The maximum absolute atomic E-state index is 8.93. The van der Waals surface area contributed by atoms with Crippen LogP contribution in [-0.2, 0) is 0 Å².